The van der Waals surface area contributed by atoms with E-state index in [0.29, 0.717) is 27.6 Å². The molecule has 18 heavy (non-hydrogen) atoms. The Hall–Kier alpha value is -2.00. The maximum Gasteiger partial charge on any atom is 0.173 e. The average molecular weight is 308 g/mol. The molecule has 0 atom stereocenters. The molecular weight excluding hydrogens is 298 g/mol. The van der Waals surface area contributed by atoms with Crippen LogP contribution in [0.4, 0.5) is 0 Å². The second-order valence-electron chi connectivity index (χ2n) is 3.43. The van der Waals surface area contributed by atoms with E-state index >= 15 is 0 Å². The van der Waals surface area contributed by atoms with Crippen LogP contribution < -0.4 is 9.47 Å². The molecule has 1 aromatic heterocycles. The monoisotopic (exact) mass is 307 g/mol. The summed E-state index contributed by atoms with van der Waals surface area (Å²) >= 11 is 3.24. The van der Waals surface area contributed by atoms with Crippen molar-refractivity contribution < 1.29 is 9.47 Å². The van der Waals surface area contributed by atoms with Gasteiger partial charge in [0, 0.05) is 0 Å². The van der Waals surface area contributed by atoms with Crippen molar-refractivity contribution in [2.45, 2.75) is 0 Å². The Kier molecular flexibility index (Phi) is 3.53. The summed E-state index contributed by atoms with van der Waals surface area (Å²) in [5.74, 6) is 1.90. The van der Waals surface area contributed by atoms with E-state index in [-0.39, 0.29) is 0 Å². The van der Waals surface area contributed by atoms with Crippen LogP contribution in [0, 0.1) is 11.3 Å². The molecule has 6 heteroatoms. The molecular formula is C12H10BrN3O2. The van der Waals surface area contributed by atoms with E-state index in [0.717, 1.165) is 5.56 Å². The molecule has 0 saturated carbocycles. The number of aromatic amines is 1. The molecule has 0 amide bonds. The summed E-state index contributed by atoms with van der Waals surface area (Å²) in [5.41, 5.74) is 1.04. The minimum Gasteiger partial charge on any atom is -0.497 e. The topological polar surface area (TPSA) is 70.9 Å². The number of benzene rings is 1. The molecule has 1 aromatic carbocycles. The van der Waals surface area contributed by atoms with Gasteiger partial charge in [-0.1, -0.05) is 0 Å². The van der Waals surface area contributed by atoms with Gasteiger partial charge in [-0.05, 0) is 34.1 Å². The van der Waals surface area contributed by atoms with E-state index in [9.17, 15) is 0 Å². The summed E-state index contributed by atoms with van der Waals surface area (Å²) in [4.78, 5) is 7.17. The number of H-pyrrole nitrogens is 1. The van der Waals surface area contributed by atoms with Crippen molar-refractivity contribution in [3.63, 3.8) is 0 Å². The summed E-state index contributed by atoms with van der Waals surface area (Å²) in [6.45, 7) is 0. The largest absolute Gasteiger partial charge is 0.497 e. The summed E-state index contributed by atoms with van der Waals surface area (Å²) in [7, 11) is 3.17. The van der Waals surface area contributed by atoms with Crippen molar-refractivity contribution >= 4 is 15.9 Å². The maximum absolute atomic E-state index is 8.89. The van der Waals surface area contributed by atoms with Crippen molar-refractivity contribution in [1.29, 1.82) is 5.26 Å². The second kappa shape index (κ2) is 5.10. The van der Waals surface area contributed by atoms with Crippen LogP contribution in [0.15, 0.2) is 22.8 Å². The summed E-state index contributed by atoms with van der Waals surface area (Å²) in [5, 5.41) is 8.89. The van der Waals surface area contributed by atoms with Crippen LogP contribution in [0.1, 0.15) is 5.69 Å². The Labute approximate surface area is 112 Å². The van der Waals surface area contributed by atoms with E-state index in [1.54, 1.807) is 32.4 Å². The first-order valence-corrected chi connectivity index (χ1v) is 5.87. The van der Waals surface area contributed by atoms with Crippen LogP contribution in [0.25, 0.3) is 11.4 Å². The number of nitrogens with one attached hydrogen (secondary N) is 1. The molecule has 2 aromatic rings. The first-order chi connectivity index (χ1) is 8.69. The minimum absolute atomic E-state index is 0.301. The molecule has 5 nitrogen and oxygen atoms in total. The summed E-state index contributed by atoms with van der Waals surface area (Å²) in [6, 6.07) is 7.37. The first-order valence-electron chi connectivity index (χ1n) is 5.07. The SMILES string of the molecule is COc1ccc(OC)c(-c2nc(C#N)c(Br)[nH]2)c1. The molecule has 0 radical (unpaired) electrons. The highest BCUT2D eigenvalue weighted by Gasteiger charge is 2.14. The molecule has 1 heterocycles. The van der Waals surface area contributed by atoms with Crippen LogP contribution in [0.2, 0.25) is 0 Å². The number of aromatic nitrogens is 2. The predicted octanol–water partition coefficient (Wildman–Crippen LogP) is 2.73. The highest BCUT2D eigenvalue weighted by atomic mass is 79.9. The molecule has 0 fully saturated rings. The van der Waals surface area contributed by atoms with Crippen molar-refractivity contribution in [2.75, 3.05) is 14.2 Å². The fraction of sp³-hybridized carbons (Fsp3) is 0.167. The third-order valence-electron chi connectivity index (χ3n) is 2.43. The number of ether oxygens (including phenoxy) is 2. The van der Waals surface area contributed by atoms with Crippen molar-refractivity contribution in [1.82, 2.24) is 9.97 Å². The minimum atomic E-state index is 0.301. The van der Waals surface area contributed by atoms with Crippen molar-refractivity contribution in [3.8, 4) is 29.0 Å². The molecule has 0 aliphatic rings. The number of hydrogen-bond donors (Lipinski definition) is 1. The number of hydrogen-bond acceptors (Lipinski definition) is 4. The zero-order valence-electron chi connectivity index (χ0n) is 9.82. The van der Waals surface area contributed by atoms with Gasteiger partial charge in [0.15, 0.2) is 5.69 Å². The van der Waals surface area contributed by atoms with Gasteiger partial charge in [-0.25, -0.2) is 4.98 Å². The second-order valence-corrected chi connectivity index (χ2v) is 4.22. The lowest BCUT2D eigenvalue weighted by Gasteiger charge is -2.08. The van der Waals surface area contributed by atoms with E-state index in [1.165, 1.54) is 0 Å². The van der Waals surface area contributed by atoms with Gasteiger partial charge in [0.2, 0.25) is 0 Å². The van der Waals surface area contributed by atoms with Gasteiger partial charge in [0.25, 0.3) is 0 Å². The lowest BCUT2D eigenvalue weighted by Crippen LogP contribution is -1.91. The zero-order valence-corrected chi connectivity index (χ0v) is 11.4. The molecule has 1 N–H and O–H groups in total. The number of nitrogens with zero attached hydrogens (tertiary/aromatic N) is 2. The van der Waals surface area contributed by atoms with E-state index in [4.69, 9.17) is 14.7 Å². The number of nitriles is 1. The lowest BCUT2D eigenvalue weighted by atomic mass is 10.2. The summed E-state index contributed by atoms with van der Waals surface area (Å²) < 4.78 is 11.0. The number of imidazole rings is 1. The van der Waals surface area contributed by atoms with Crippen molar-refractivity contribution in [2.24, 2.45) is 0 Å². The van der Waals surface area contributed by atoms with Gasteiger partial charge in [-0.3, -0.25) is 0 Å². The Bertz CT molecular complexity index is 616. The van der Waals surface area contributed by atoms with Crippen LogP contribution in [-0.4, -0.2) is 24.2 Å². The van der Waals surface area contributed by atoms with Gasteiger partial charge in [-0.2, -0.15) is 5.26 Å². The highest BCUT2D eigenvalue weighted by molar-refractivity contribution is 9.10. The van der Waals surface area contributed by atoms with Gasteiger partial charge in [0.1, 0.15) is 28.0 Å². The smallest absolute Gasteiger partial charge is 0.173 e. The highest BCUT2D eigenvalue weighted by Crippen LogP contribution is 2.32. The first kappa shape index (κ1) is 12.5. The fourth-order valence-electron chi connectivity index (χ4n) is 1.55. The van der Waals surface area contributed by atoms with E-state index < -0.39 is 0 Å². The van der Waals surface area contributed by atoms with Gasteiger partial charge >= 0.3 is 0 Å². The van der Waals surface area contributed by atoms with E-state index in [2.05, 4.69) is 25.9 Å². The molecule has 0 bridgehead atoms. The Balaban J connectivity index is 2.57. The Morgan fingerprint density at radius 1 is 1.33 bits per heavy atom. The van der Waals surface area contributed by atoms with Crippen molar-refractivity contribution in [3.05, 3.63) is 28.5 Å². The van der Waals surface area contributed by atoms with Crippen LogP contribution in [0.5, 0.6) is 11.5 Å². The number of halogens is 1. The molecule has 0 spiro atoms. The average Bonchev–Trinajstić information content (AvgIpc) is 2.79. The van der Waals surface area contributed by atoms with Crippen LogP contribution in [0.3, 0.4) is 0 Å². The zero-order chi connectivity index (χ0) is 13.1. The third kappa shape index (κ3) is 2.17. The molecule has 0 aliphatic heterocycles. The molecule has 0 aliphatic carbocycles. The van der Waals surface area contributed by atoms with Gasteiger partial charge < -0.3 is 14.5 Å². The van der Waals surface area contributed by atoms with Gasteiger partial charge in [-0.15, -0.1) is 0 Å². The van der Waals surface area contributed by atoms with Gasteiger partial charge in [0.05, 0.1) is 19.8 Å². The normalized spacial score (nSPS) is 9.89. The third-order valence-corrected chi connectivity index (χ3v) is 3.00. The summed E-state index contributed by atoms with van der Waals surface area (Å²) in [6.07, 6.45) is 0. The van der Waals surface area contributed by atoms with E-state index in [1.807, 2.05) is 6.07 Å². The lowest BCUT2D eigenvalue weighted by molar-refractivity contribution is 0.404. The molecule has 2 rings (SSSR count). The standard InChI is InChI=1S/C12H10BrN3O2/c1-17-7-3-4-10(18-2)8(5-7)12-15-9(6-14)11(13)16-12/h3-5H,1-2H3,(H,15,16). The Morgan fingerprint density at radius 2 is 2.11 bits per heavy atom. The quantitative estimate of drug-likeness (QED) is 0.946. The number of rotatable bonds is 3. The molecule has 0 saturated heterocycles. The maximum atomic E-state index is 8.89. The number of methoxy groups -OCH3 is 2. The Morgan fingerprint density at radius 3 is 2.67 bits per heavy atom. The van der Waals surface area contributed by atoms with Crippen LogP contribution in [-0.2, 0) is 0 Å². The molecule has 0 unspecified atom stereocenters. The molecule has 92 valence electrons. The predicted molar refractivity (Wildman–Crippen MR) is 69.5 cm³/mol. The fourth-order valence-corrected chi connectivity index (χ4v) is 1.92. The van der Waals surface area contributed by atoms with Crippen LogP contribution >= 0.6 is 15.9 Å².